The average molecular weight is 85.1 g/mol. The van der Waals surface area contributed by atoms with Gasteiger partial charge in [0.05, 0.1) is 6.10 Å². The molecule has 0 aromatic carbocycles. The van der Waals surface area contributed by atoms with Gasteiger partial charge in [0.25, 0.3) is 0 Å². The molecule has 6 heavy (non-hydrogen) atoms. The van der Waals surface area contributed by atoms with Crippen molar-refractivity contribution in [1.29, 1.82) is 0 Å². The summed E-state index contributed by atoms with van der Waals surface area (Å²) in [6.45, 7) is 2.99. The third kappa shape index (κ3) is 0.716. The molecule has 0 amide bonds. The van der Waals surface area contributed by atoms with Crippen LogP contribution in [-0.4, -0.2) is 12.7 Å². The van der Waals surface area contributed by atoms with Crippen LogP contribution in [0.4, 0.5) is 0 Å². The molecule has 0 bridgehead atoms. The van der Waals surface area contributed by atoms with Crippen LogP contribution in [-0.2, 0) is 4.74 Å². The lowest BCUT2D eigenvalue weighted by molar-refractivity contribution is 0.136. The van der Waals surface area contributed by atoms with Crippen molar-refractivity contribution in [2.75, 3.05) is 6.61 Å². The Labute approximate surface area is 38.3 Å². The summed E-state index contributed by atoms with van der Waals surface area (Å²) in [7, 11) is 0. The molecule has 0 spiro atoms. The van der Waals surface area contributed by atoms with Crippen molar-refractivity contribution >= 4 is 0 Å². The molecule has 0 aliphatic carbocycles. The Balaban J connectivity index is 2.18. The number of rotatable bonds is 0. The summed E-state index contributed by atoms with van der Waals surface area (Å²) in [6.07, 6.45) is 3.74. The molecule has 1 nitrogen and oxygen atoms in total. The molecule has 1 atom stereocenters. The maximum Gasteiger partial charge on any atom is 0.0579 e. The van der Waals surface area contributed by atoms with Gasteiger partial charge in [-0.05, 0) is 19.8 Å². The van der Waals surface area contributed by atoms with E-state index in [0.29, 0.717) is 6.10 Å². The highest BCUT2D eigenvalue weighted by atomic mass is 16.5. The minimum atomic E-state index is 0.421. The first-order valence-electron chi connectivity index (χ1n) is 2.34. The Morgan fingerprint density at radius 3 is 2.83 bits per heavy atom. The molecule has 1 aliphatic heterocycles. The van der Waals surface area contributed by atoms with Crippen LogP contribution in [0.15, 0.2) is 0 Å². The second kappa shape index (κ2) is 1.61. The van der Waals surface area contributed by atoms with E-state index in [1.54, 1.807) is 0 Å². The van der Waals surface area contributed by atoms with Gasteiger partial charge in [0.1, 0.15) is 0 Å². The van der Waals surface area contributed by atoms with Gasteiger partial charge in [0.15, 0.2) is 0 Å². The van der Waals surface area contributed by atoms with E-state index in [2.05, 4.69) is 13.3 Å². The van der Waals surface area contributed by atoms with Crippen molar-refractivity contribution in [1.82, 2.24) is 0 Å². The normalized spacial score (nSPS) is 34.5. The van der Waals surface area contributed by atoms with Crippen LogP contribution in [0.1, 0.15) is 13.3 Å². The number of hydrogen-bond acceptors (Lipinski definition) is 1. The fourth-order valence-electron chi connectivity index (χ4n) is 0.625. The molecule has 35 valence electrons. The van der Waals surface area contributed by atoms with Crippen LogP contribution in [0.25, 0.3) is 0 Å². The van der Waals surface area contributed by atoms with Crippen molar-refractivity contribution in [2.45, 2.75) is 19.4 Å². The van der Waals surface area contributed by atoms with Crippen LogP contribution in [0.5, 0.6) is 0 Å². The highest BCUT2D eigenvalue weighted by Gasteiger charge is 2.07. The van der Waals surface area contributed by atoms with Gasteiger partial charge >= 0.3 is 0 Å². The standard InChI is InChI=1S/C5H9O/c1-5-3-2-4-6-5/h3,5H,2,4H2,1H3. The lowest BCUT2D eigenvalue weighted by atomic mass is 10.3. The van der Waals surface area contributed by atoms with Crippen LogP contribution >= 0.6 is 0 Å². The van der Waals surface area contributed by atoms with Gasteiger partial charge in [-0.3, -0.25) is 0 Å². The Morgan fingerprint density at radius 2 is 2.67 bits per heavy atom. The molecule has 1 fully saturated rings. The Kier molecular flexibility index (Phi) is 1.10. The molecule has 1 heteroatoms. The lowest BCUT2D eigenvalue weighted by Crippen LogP contribution is -1.95. The van der Waals surface area contributed by atoms with Gasteiger partial charge in [0, 0.05) is 6.61 Å². The number of hydrogen-bond donors (Lipinski definition) is 0. The smallest absolute Gasteiger partial charge is 0.0579 e. The largest absolute Gasteiger partial charge is 0.378 e. The van der Waals surface area contributed by atoms with Crippen LogP contribution in [0, 0.1) is 6.42 Å². The maximum absolute atomic E-state index is 5.10. The first kappa shape index (κ1) is 4.13. The molecule has 0 aromatic heterocycles. The summed E-state index contributed by atoms with van der Waals surface area (Å²) >= 11 is 0. The monoisotopic (exact) mass is 85.1 g/mol. The molecular weight excluding hydrogens is 76.1 g/mol. The molecule has 1 rings (SSSR count). The summed E-state index contributed by atoms with van der Waals surface area (Å²) in [5, 5.41) is 0. The third-order valence-corrected chi connectivity index (χ3v) is 0.997. The van der Waals surface area contributed by atoms with E-state index >= 15 is 0 Å². The first-order chi connectivity index (χ1) is 2.89. The van der Waals surface area contributed by atoms with Crippen molar-refractivity contribution in [2.24, 2.45) is 0 Å². The third-order valence-electron chi connectivity index (χ3n) is 0.997. The van der Waals surface area contributed by atoms with E-state index in [9.17, 15) is 0 Å². The zero-order chi connectivity index (χ0) is 4.41. The maximum atomic E-state index is 5.10. The molecule has 1 heterocycles. The van der Waals surface area contributed by atoms with Crippen molar-refractivity contribution < 1.29 is 4.74 Å². The predicted octanol–water partition coefficient (Wildman–Crippen LogP) is 0.999. The van der Waals surface area contributed by atoms with Gasteiger partial charge < -0.3 is 4.74 Å². The van der Waals surface area contributed by atoms with Crippen LogP contribution < -0.4 is 0 Å². The van der Waals surface area contributed by atoms with Crippen molar-refractivity contribution in [3.05, 3.63) is 6.42 Å². The topological polar surface area (TPSA) is 9.23 Å². The minimum absolute atomic E-state index is 0.421. The molecule has 0 saturated carbocycles. The lowest BCUT2D eigenvalue weighted by Gasteiger charge is -1.94. The van der Waals surface area contributed by atoms with Gasteiger partial charge in [-0.25, -0.2) is 0 Å². The van der Waals surface area contributed by atoms with Gasteiger partial charge in [-0.15, -0.1) is 0 Å². The summed E-state index contributed by atoms with van der Waals surface area (Å²) < 4.78 is 5.10. The van der Waals surface area contributed by atoms with E-state index < -0.39 is 0 Å². The van der Waals surface area contributed by atoms with Crippen molar-refractivity contribution in [3.63, 3.8) is 0 Å². The highest BCUT2D eigenvalue weighted by molar-refractivity contribution is 4.77. The first-order valence-corrected chi connectivity index (χ1v) is 2.34. The second-order valence-electron chi connectivity index (χ2n) is 1.60. The molecule has 1 radical (unpaired) electrons. The molecule has 0 aromatic rings. The van der Waals surface area contributed by atoms with Crippen LogP contribution in [0.3, 0.4) is 0 Å². The molecular formula is C5H9O. The summed E-state index contributed by atoms with van der Waals surface area (Å²) in [6, 6.07) is 0. The summed E-state index contributed by atoms with van der Waals surface area (Å²) in [5.41, 5.74) is 0. The molecule has 0 N–H and O–H groups in total. The van der Waals surface area contributed by atoms with E-state index in [4.69, 9.17) is 4.74 Å². The zero-order valence-corrected chi connectivity index (χ0v) is 3.98. The second-order valence-corrected chi connectivity index (χ2v) is 1.60. The fraction of sp³-hybridized carbons (Fsp3) is 0.800. The predicted molar refractivity (Wildman–Crippen MR) is 24.3 cm³/mol. The van der Waals surface area contributed by atoms with Gasteiger partial charge in [-0.2, -0.15) is 0 Å². The highest BCUT2D eigenvalue weighted by Crippen LogP contribution is 2.07. The minimum Gasteiger partial charge on any atom is -0.378 e. The van der Waals surface area contributed by atoms with E-state index in [0.717, 1.165) is 13.0 Å². The van der Waals surface area contributed by atoms with Crippen molar-refractivity contribution in [3.8, 4) is 0 Å². The zero-order valence-electron chi connectivity index (χ0n) is 3.98. The Bertz CT molecular complexity index is 37.2. The quantitative estimate of drug-likeness (QED) is 0.426. The van der Waals surface area contributed by atoms with E-state index in [-0.39, 0.29) is 0 Å². The van der Waals surface area contributed by atoms with Gasteiger partial charge in [0.2, 0.25) is 0 Å². The van der Waals surface area contributed by atoms with E-state index in [1.165, 1.54) is 0 Å². The molecule has 1 saturated heterocycles. The Morgan fingerprint density at radius 1 is 1.83 bits per heavy atom. The average Bonchev–Trinajstić information content (AvgIpc) is 1.86. The molecule has 1 aliphatic rings. The Hall–Kier alpha value is -0.0400. The SMILES string of the molecule is CC1[CH]CCO1. The van der Waals surface area contributed by atoms with Gasteiger partial charge in [-0.1, -0.05) is 0 Å². The summed E-state index contributed by atoms with van der Waals surface area (Å²) in [5.74, 6) is 0. The molecule has 1 unspecified atom stereocenters. The fourth-order valence-corrected chi connectivity index (χ4v) is 0.625. The van der Waals surface area contributed by atoms with Crippen LogP contribution in [0.2, 0.25) is 0 Å². The number of ether oxygens (including phenoxy) is 1. The summed E-state index contributed by atoms with van der Waals surface area (Å²) in [4.78, 5) is 0. The van der Waals surface area contributed by atoms with E-state index in [1.807, 2.05) is 0 Å².